The van der Waals surface area contributed by atoms with Crippen LogP contribution in [0, 0.1) is 0 Å². The van der Waals surface area contributed by atoms with Gasteiger partial charge in [-0.1, -0.05) is 65.9 Å². The Bertz CT molecular complexity index is 1460. The number of methoxy groups -OCH3 is 1. The molecule has 0 radical (unpaired) electrons. The minimum atomic E-state index is -0.157. The first-order chi connectivity index (χ1) is 16.7. The second-order valence-corrected chi connectivity index (χ2v) is 8.84. The Morgan fingerprint density at radius 1 is 0.941 bits per heavy atom. The monoisotopic (exact) mass is 468 g/mol. The number of ether oxygens (including phenoxy) is 2. The first-order valence-corrected chi connectivity index (χ1v) is 11.9. The lowest BCUT2D eigenvalue weighted by Gasteiger charge is -2.21. The van der Waals surface area contributed by atoms with Gasteiger partial charge in [-0.05, 0) is 53.6 Å². The Kier molecular flexibility index (Phi) is 6.14. The molecule has 6 heteroatoms. The number of amides is 1. The Morgan fingerprint density at radius 2 is 1.68 bits per heavy atom. The summed E-state index contributed by atoms with van der Waals surface area (Å²) in [5.41, 5.74) is 2.36. The third-order valence-corrected chi connectivity index (χ3v) is 6.66. The molecule has 0 aliphatic rings. The number of nitrogens with zero attached hydrogens (tertiary/aromatic N) is 2. The van der Waals surface area contributed by atoms with E-state index in [1.54, 1.807) is 12.0 Å². The van der Waals surface area contributed by atoms with Crippen molar-refractivity contribution < 1.29 is 14.3 Å². The molecule has 0 aliphatic carbocycles. The van der Waals surface area contributed by atoms with Crippen LogP contribution in [0.2, 0.25) is 0 Å². The summed E-state index contributed by atoms with van der Waals surface area (Å²) in [4.78, 5) is 20.5. The fourth-order valence-electron chi connectivity index (χ4n) is 3.96. The number of carbonyl (C=O) groups excluding carboxylic acids is 1. The van der Waals surface area contributed by atoms with E-state index in [0.717, 1.165) is 32.3 Å². The molecule has 5 rings (SSSR count). The molecule has 1 amide bonds. The van der Waals surface area contributed by atoms with Crippen LogP contribution in [0.3, 0.4) is 0 Å². The van der Waals surface area contributed by atoms with Crippen LogP contribution in [0.1, 0.15) is 22.8 Å². The number of rotatable bonds is 7. The number of fused-ring (bicyclic) bond motifs is 2. The van der Waals surface area contributed by atoms with Crippen LogP contribution >= 0.6 is 11.3 Å². The summed E-state index contributed by atoms with van der Waals surface area (Å²) in [6, 6.07) is 27.5. The van der Waals surface area contributed by atoms with Gasteiger partial charge in [-0.15, -0.1) is 0 Å². The van der Waals surface area contributed by atoms with Crippen LogP contribution in [0.4, 0.5) is 5.13 Å². The van der Waals surface area contributed by atoms with E-state index in [4.69, 9.17) is 14.5 Å². The zero-order valence-corrected chi connectivity index (χ0v) is 19.8. The highest BCUT2D eigenvalue weighted by molar-refractivity contribution is 7.22. The number of hydrogen-bond acceptors (Lipinski definition) is 5. The van der Waals surface area contributed by atoms with Crippen LogP contribution in [0.15, 0.2) is 84.9 Å². The first-order valence-electron chi connectivity index (χ1n) is 11.1. The summed E-state index contributed by atoms with van der Waals surface area (Å²) in [6.07, 6.45) is 0. The van der Waals surface area contributed by atoms with E-state index in [1.165, 1.54) is 11.3 Å². The second kappa shape index (κ2) is 9.53. The van der Waals surface area contributed by atoms with E-state index < -0.39 is 0 Å². The molecule has 0 unspecified atom stereocenters. The topological polar surface area (TPSA) is 51.7 Å². The van der Waals surface area contributed by atoms with Gasteiger partial charge in [0.1, 0.15) is 11.5 Å². The van der Waals surface area contributed by atoms with Crippen molar-refractivity contribution in [1.29, 1.82) is 0 Å². The summed E-state index contributed by atoms with van der Waals surface area (Å²) in [5, 5.41) is 2.64. The molecule has 170 valence electrons. The van der Waals surface area contributed by atoms with Crippen molar-refractivity contribution in [2.24, 2.45) is 0 Å². The minimum Gasteiger partial charge on any atom is -0.496 e. The van der Waals surface area contributed by atoms with E-state index in [9.17, 15) is 4.79 Å². The van der Waals surface area contributed by atoms with Crippen LogP contribution in [0.5, 0.6) is 11.5 Å². The molecule has 0 spiro atoms. The highest BCUT2D eigenvalue weighted by Gasteiger charge is 2.25. The summed E-state index contributed by atoms with van der Waals surface area (Å²) in [5.74, 6) is 1.18. The van der Waals surface area contributed by atoms with Crippen molar-refractivity contribution >= 4 is 43.4 Å². The number of carbonyl (C=O) groups is 1. The molecule has 1 aromatic heterocycles. The van der Waals surface area contributed by atoms with Gasteiger partial charge in [-0.2, -0.15) is 0 Å². The van der Waals surface area contributed by atoms with Gasteiger partial charge in [0, 0.05) is 0 Å². The number of thiazole rings is 1. The standard InChI is InChI=1S/C28H24N2O3S/c1-3-33-22-13-14-24-26(17-22)34-28(29-24)30(18-19-9-5-4-6-10-19)27(31)23-15-20-11-7-8-12-21(20)16-25(23)32-2/h4-17H,3,18H2,1-2H3. The fraction of sp³-hybridized carbons (Fsp3) is 0.143. The number of aromatic nitrogens is 1. The Balaban J connectivity index is 1.61. The fourth-order valence-corrected chi connectivity index (χ4v) is 4.95. The summed E-state index contributed by atoms with van der Waals surface area (Å²) in [7, 11) is 1.59. The zero-order chi connectivity index (χ0) is 23.5. The van der Waals surface area contributed by atoms with Crippen molar-refractivity contribution in [1.82, 2.24) is 4.98 Å². The second-order valence-electron chi connectivity index (χ2n) is 7.84. The molecule has 0 atom stereocenters. The van der Waals surface area contributed by atoms with Gasteiger partial charge in [-0.25, -0.2) is 4.98 Å². The molecule has 0 saturated carbocycles. The van der Waals surface area contributed by atoms with E-state index in [-0.39, 0.29) is 5.91 Å². The zero-order valence-electron chi connectivity index (χ0n) is 19.0. The Morgan fingerprint density at radius 3 is 2.41 bits per heavy atom. The Hall–Kier alpha value is -3.90. The summed E-state index contributed by atoms with van der Waals surface area (Å²) < 4.78 is 12.3. The van der Waals surface area contributed by atoms with Crippen molar-refractivity contribution in [3.8, 4) is 11.5 Å². The first kappa shape index (κ1) is 21.9. The van der Waals surface area contributed by atoms with Gasteiger partial charge in [-0.3, -0.25) is 9.69 Å². The average Bonchev–Trinajstić information content (AvgIpc) is 3.30. The van der Waals surface area contributed by atoms with Crippen LogP contribution in [-0.2, 0) is 6.54 Å². The SMILES string of the molecule is CCOc1ccc2nc(N(Cc3ccccc3)C(=O)c3cc4ccccc4cc3OC)sc2c1. The molecular formula is C28H24N2O3S. The molecule has 5 nitrogen and oxygen atoms in total. The van der Waals surface area contributed by atoms with Crippen molar-refractivity contribution in [2.45, 2.75) is 13.5 Å². The van der Waals surface area contributed by atoms with Gasteiger partial charge < -0.3 is 9.47 Å². The van der Waals surface area contributed by atoms with Crippen LogP contribution in [0.25, 0.3) is 21.0 Å². The normalized spacial score (nSPS) is 11.0. The van der Waals surface area contributed by atoms with Crippen LogP contribution < -0.4 is 14.4 Å². The minimum absolute atomic E-state index is 0.157. The van der Waals surface area contributed by atoms with Crippen molar-refractivity contribution in [3.05, 3.63) is 96.1 Å². The van der Waals surface area contributed by atoms with E-state index in [1.807, 2.05) is 91.9 Å². The molecule has 5 aromatic rings. The molecule has 0 bridgehead atoms. The molecule has 1 heterocycles. The third-order valence-electron chi connectivity index (χ3n) is 5.62. The molecule has 0 fully saturated rings. The number of anilines is 1. The molecule has 0 N–H and O–H groups in total. The molecule has 0 saturated heterocycles. The molecular weight excluding hydrogens is 444 g/mol. The van der Waals surface area contributed by atoms with E-state index in [2.05, 4.69) is 0 Å². The van der Waals surface area contributed by atoms with Crippen molar-refractivity contribution in [3.63, 3.8) is 0 Å². The van der Waals surface area contributed by atoms with E-state index in [0.29, 0.717) is 29.6 Å². The highest BCUT2D eigenvalue weighted by Crippen LogP contribution is 2.35. The maximum atomic E-state index is 14.0. The lowest BCUT2D eigenvalue weighted by atomic mass is 10.0. The summed E-state index contributed by atoms with van der Waals surface area (Å²) in [6.45, 7) is 2.95. The number of benzene rings is 4. The lowest BCUT2D eigenvalue weighted by Crippen LogP contribution is -2.30. The van der Waals surface area contributed by atoms with Gasteiger partial charge in [0.25, 0.3) is 5.91 Å². The maximum absolute atomic E-state index is 14.0. The maximum Gasteiger partial charge on any atom is 0.264 e. The smallest absolute Gasteiger partial charge is 0.264 e. The molecule has 0 aliphatic heterocycles. The molecule has 34 heavy (non-hydrogen) atoms. The van der Waals surface area contributed by atoms with Gasteiger partial charge in [0.15, 0.2) is 5.13 Å². The van der Waals surface area contributed by atoms with Crippen LogP contribution in [-0.4, -0.2) is 24.6 Å². The largest absolute Gasteiger partial charge is 0.496 e. The quantitative estimate of drug-likeness (QED) is 0.267. The van der Waals surface area contributed by atoms with Gasteiger partial charge in [0.05, 0.1) is 36.0 Å². The lowest BCUT2D eigenvalue weighted by molar-refractivity contribution is 0.0982. The Labute approximate surface area is 202 Å². The number of hydrogen-bond donors (Lipinski definition) is 0. The van der Waals surface area contributed by atoms with Gasteiger partial charge >= 0.3 is 0 Å². The summed E-state index contributed by atoms with van der Waals surface area (Å²) >= 11 is 1.48. The van der Waals surface area contributed by atoms with Crippen molar-refractivity contribution in [2.75, 3.05) is 18.6 Å². The highest BCUT2D eigenvalue weighted by atomic mass is 32.1. The predicted molar refractivity (Wildman–Crippen MR) is 138 cm³/mol. The van der Waals surface area contributed by atoms with Gasteiger partial charge in [0.2, 0.25) is 0 Å². The predicted octanol–water partition coefficient (Wildman–Crippen LogP) is 6.70. The molecule has 4 aromatic carbocycles. The van der Waals surface area contributed by atoms with E-state index >= 15 is 0 Å². The average molecular weight is 469 g/mol. The third kappa shape index (κ3) is 4.32.